The van der Waals surface area contributed by atoms with Crippen molar-refractivity contribution in [1.29, 1.82) is 0 Å². The summed E-state index contributed by atoms with van der Waals surface area (Å²) >= 11 is 4.98. The van der Waals surface area contributed by atoms with Crippen molar-refractivity contribution >= 4 is 33.7 Å². The van der Waals surface area contributed by atoms with E-state index in [-0.39, 0.29) is 6.42 Å². The number of carboxylic acids is 1. The third-order valence-corrected chi connectivity index (χ3v) is 4.29. The molecule has 0 bridgehead atoms. The summed E-state index contributed by atoms with van der Waals surface area (Å²) < 4.78 is 0.994. The Balaban J connectivity index is 2.10. The molecule has 3 nitrogen and oxygen atoms in total. The third-order valence-electron chi connectivity index (χ3n) is 2.52. The Morgan fingerprint density at radius 3 is 2.63 bits per heavy atom. The largest absolute Gasteiger partial charge is 0.481 e. The Bertz CT molecular complexity index is 599. The minimum absolute atomic E-state index is 0.0561. The Morgan fingerprint density at radius 2 is 2.05 bits per heavy atom. The molecule has 0 fully saturated rings. The smallest absolute Gasteiger partial charge is 0.307 e. The van der Waals surface area contributed by atoms with Gasteiger partial charge < -0.3 is 5.11 Å². The summed E-state index contributed by atoms with van der Waals surface area (Å²) in [6.45, 7) is 2.02. The number of hydrogen-bond donors (Lipinski definition) is 1. The number of aryl methyl sites for hydroxylation is 1. The number of carbonyl (C=O) groups is 1. The standard InChI is InChI=1S/C14H12BrNO2S/c1-9-6-13(16-8-12(9)15)19-11-4-2-10(3-5-11)7-14(17)18/h2-6,8H,7H2,1H3,(H,17,18). The third kappa shape index (κ3) is 4.08. The summed E-state index contributed by atoms with van der Waals surface area (Å²) in [4.78, 5) is 16.0. The summed E-state index contributed by atoms with van der Waals surface area (Å²) in [5.74, 6) is -0.814. The molecule has 0 atom stereocenters. The number of nitrogens with zero attached hydrogens (tertiary/aromatic N) is 1. The highest BCUT2D eigenvalue weighted by atomic mass is 79.9. The zero-order valence-corrected chi connectivity index (χ0v) is 12.7. The SMILES string of the molecule is Cc1cc(Sc2ccc(CC(=O)O)cc2)ncc1Br. The first-order valence-electron chi connectivity index (χ1n) is 5.65. The number of rotatable bonds is 4. The van der Waals surface area contributed by atoms with Gasteiger partial charge in [-0.15, -0.1) is 0 Å². The Labute approximate surface area is 124 Å². The zero-order chi connectivity index (χ0) is 13.8. The van der Waals surface area contributed by atoms with Crippen molar-refractivity contribution in [1.82, 2.24) is 4.98 Å². The molecular weight excluding hydrogens is 326 g/mol. The normalized spacial score (nSPS) is 10.4. The van der Waals surface area contributed by atoms with Gasteiger partial charge in [0.25, 0.3) is 0 Å². The monoisotopic (exact) mass is 337 g/mol. The van der Waals surface area contributed by atoms with Crippen LogP contribution in [-0.4, -0.2) is 16.1 Å². The second-order valence-electron chi connectivity index (χ2n) is 4.09. The van der Waals surface area contributed by atoms with E-state index in [1.165, 1.54) is 0 Å². The van der Waals surface area contributed by atoms with E-state index in [1.54, 1.807) is 18.0 Å². The maximum atomic E-state index is 10.6. The first-order chi connectivity index (χ1) is 9.04. The minimum Gasteiger partial charge on any atom is -0.481 e. The molecule has 0 amide bonds. The van der Waals surface area contributed by atoms with Crippen molar-refractivity contribution in [2.75, 3.05) is 0 Å². The van der Waals surface area contributed by atoms with E-state index in [4.69, 9.17) is 5.11 Å². The summed E-state index contributed by atoms with van der Waals surface area (Å²) in [7, 11) is 0. The average molecular weight is 338 g/mol. The van der Waals surface area contributed by atoms with Gasteiger partial charge in [0.1, 0.15) is 5.03 Å². The highest BCUT2D eigenvalue weighted by Crippen LogP contribution is 2.28. The van der Waals surface area contributed by atoms with Gasteiger partial charge in [0, 0.05) is 15.6 Å². The number of pyridine rings is 1. The first-order valence-corrected chi connectivity index (χ1v) is 7.26. The van der Waals surface area contributed by atoms with Crippen LogP contribution in [0, 0.1) is 6.92 Å². The molecule has 1 heterocycles. The molecule has 2 rings (SSSR count). The molecule has 0 radical (unpaired) electrons. The van der Waals surface area contributed by atoms with Gasteiger partial charge in [0.05, 0.1) is 6.42 Å². The Morgan fingerprint density at radius 1 is 1.37 bits per heavy atom. The van der Waals surface area contributed by atoms with Crippen LogP contribution in [0.2, 0.25) is 0 Å². The van der Waals surface area contributed by atoms with E-state index < -0.39 is 5.97 Å². The van der Waals surface area contributed by atoms with E-state index in [1.807, 2.05) is 37.3 Å². The Hall–Kier alpha value is -1.33. The van der Waals surface area contributed by atoms with Gasteiger partial charge >= 0.3 is 5.97 Å². The van der Waals surface area contributed by atoms with Crippen LogP contribution in [0.1, 0.15) is 11.1 Å². The molecular formula is C14H12BrNO2S. The summed E-state index contributed by atoms with van der Waals surface area (Å²) in [6, 6.07) is 9.52. The van der Waals surface area contributed by atoms with Crippen molar-refractivity contribution in [2.24, 2.45) is 0 Å². The molecule has 0 saturated carbocycles. The van der Waals surface area contributed by atoms with Crippen LogP contribution >= 0.6 is 27.7 Å². The van der Waals surface area contributed by atoms with Crippen molar-refractivity contribution < 1.29 is 9.90 Å². The topological polar surface area (TPSA) is 50.2 Å². The molecule has 1 aromatic heterocycles. The maximum Gasteiger partial charge on any atom is 0.307 e. The van der Waals surface area contributed by atoms with Crippen molar-refractivity contribution in [3.05, 3.63) is 52.1 Å². The molecule has 0 aliphatic rings. The van der Waals surface area contributed by atoms with E-state index in [9.17, 15) is 4.79 Å². The van der Waals surface area contributed by atoms with Crippen molar-refractivity contribution in [3.63, 3.8) is 0 Å². The van der Waals surface area contributed by atoms with Gasteiger partial charge in [0.15, 0.2) is 0 Å². The van der Waals surface area contributed by atoms with Gasteiger partial charge in [-0.2, -0.15) is 0 Å². The predicted octanol–water partition coefficient (Wildman–Crippen LogP) is 3.93. The molecule has 0 unspecified atom stereocenters. The lowest BCUT2D eigenvalue weighted by molar-refractivity contribution is -0.136. The van der Waals surface area contributed by atoms with E-state index in [0.717, 1.165) is 25.5 Å². The van der Waals surface area contributed by atoms with Gasteiger partial charge in [-0.25, -0.2) is 4.98 Å². The molecule has 0 saturated heterocycles. The van der Waals surface area contributed by atoms with Crippen LogP contribution in [0.3, 0.4) is 0 Å². The average Bonchev–Trinajstić information content (AvgIpc) is 2.36. The van der Waals surface area contributed by atoms with E-state index >= 15 is 0 Å². The molecule has 1 N–H and O–H groups in total. The van der Waals surface area contributed by atoms with Crippen LogP contribution in [0.4, 0.5) is 0 Å². The molecule has 1 aromatic carbocycles. The summed E-state index contributed by atoms with van der Waals surface area (Å²) in [6.07, 6.45) is 1.84. The molecule has 19 heavy (non-hydrogen) atoms. The number of carboxylic acid groups (broad SMARTS) is 1. The van der Waals surface area contributed by atoms with Crippen LogP contribution in [-0.2, 0) is 11.2 Å². The van der Waals surface area contributed by atoms with Gasteiger partial charge in [-0.1, -0.05) is 23.9 Å². The van der Waals surface area contributed by atoms with Gasteiger partial charge in [-0.05, 0) is 52.2 Å². The quantitative estimate of drug-likeness (QED) is 0.918. The van der Waals surface area contributed by atoms with Crippen LogP contribution in [0.25, 0.3) is 0 Å². The van der Waals surface area contributed by atoms with E-state index in [0.29, 0.717) is 0 Å². The lowest BCUT2D eigenvalue weighted by atomic mass is 10.2. The molecule has 5 heteroatoms. The number of halogens is 1. The summed E-state index contributed by atoms with van der Waals surface area (Å²) in [5, 5.41) is 9.63. The van der Waals surface area contributed by atoms with Crippen LogP contribution in [0.5, 0.6) is 0 Å². The van der Waals surface area contributed by atoms with Crippen LogP contribution < -0.4 is 0 Å². The first kappa shape index (κ1) is 14.1. The van der Waals surface area contributed by atoms with Gasteiger partial charge in [-0.3, -0.25) is 4.79 Å². The summed E-state index contributed by atoms with van der Waals surface area (Å²) in [5.41, 5.74) is 1.94. The fourth-order valence-corrected chi connectivity index (χ4v) is 2.61. The molecule has 98 valence electrons. The fourth-order valence-electron chi connectivity index (χ4n) is 1.54. The molecule has 0 aliphatic heterocycles. The van der Waals surface area contributed by atoms with Crippen molar-refractivity contribution in [2.45, 2.75) is 23.3 Å². The second kappa shape index (κ2) is 6.21. The van der Waals surface area contributed by atoms with Crippen LogP contribution in [0.15, 0.2) is 50.9 Å². The second-order valence-corrected chi connectivity index (χ2v) is 6.04. The maximum absolute atomic E-state index is 10.6. The minimum atomic E-state index is -0.814. The zero-order valence-electron chi connectivity index (χ0n) is 10.3. The van der Waals surface area contributed by atoms with Crippen molar-refractivity contribution in [3.8, 4) is 0 Å². The number of aliphatic carboxylic acids is 1. The number of aromatic nitrogens is 1. The molecule has 0 spiro atoms. The fraction of sp³-hybridized carbons (Fsp3) is 0.143. The molecule has 2 aromatic rings. The highest BCUT2D eigenvalue weighted by Gasteiger charge is 2.03. The lowest BCUT2D eigenvalue weighted by Gasteiger charge is -2.04. The predicted molar refractivity (Wildman–Crippen MR) is 78.6 cm³/mol. The lowest BCUT2D eigenvalue weighted by Crippen LogP contribution is -1.99. The Kier molecular flexibility index (Phi) is 4.61. The van der Waals surface area contributed by atoms with Gasteiger partial charge in [0.2, 0.25) is 0 Å². The molecule has 0 aliphatic carbocycles. The van der Waals surface area contributed by atoms with E-state index in [2.05, 4.69) is 20.9 Å². The number of hydrogen-bond acceptors (Lipinski definition) is 3. The number of benzene rings is 1. The highest BCUT2D eigenvalue weighted by molar-refractivity contribution is 9.10.